The molecule has 7 heteroatoms. The van der Waals surface area contributed by atoms with Crippen molar-refractivity contribution in [3.8, 4) is 5.75 Å². The molecule has 6 nitrogen and oxygen atoms in total. The molecule has 0 unspecified atom stereocenters. The van der Waals surface area contributed by atoms with Crippen molar-refractivity contribution in [3.05, 3.63) is 59.2 Å². The van der Waals surface area contributed by atoms with Gasteiger partial charge >= 0.3 is 0 Å². The SMILES string of the molecule is COc1ccc(C(=O)N(C)Cc2ccc(C)cc2)cc1S(=O)(=O)N1CCCCCC1. The molecule has 0 spiro atoms. The van der Waals surface area contributed by atoms with Gasteiger partial charge in [0.15, 0.2) is 0 Å². The van der Waals surface area contributed by atoms with Crippen molar-refractivity contribution in [2.24, 2.45) is 0 Å². The van der Waals surface area contributed by atoms with Crippen LogP contribution >= 0.6 is 0 Å². The van der Waals surface area contributed by atoms with E-state index in [4.69, 9.17) is 4.74 Å². The van der Waals surface area contributed by atoms with E-state index in [0.717, 1.165) is 36.8 Å². The molecule has 2 aromatic rings. The lowest BCUT2D eigenvalue weighted by atomic mass is 10.1. The lowest BCUT2D eigenvalue weighted by Crippen LogP contribution is -2.32. The summed E-state index contributed by atoms with van der Waals surface area (Å²) in [7, 11) is -0.572. The van der Waals surface area contributed by atoms with Crippen LogP contribution in [-0.2, 0) is 16.6 Å². The average Bonchev–Trinajstić information content (AvgIpc) is 3.04. The van der Waals surface area contributed by atoms with Gasteiger partial charge in [0.1, 0.15) is 10.6 Å². The number of benzene rings is 2. The van der Waals surface area contributed by atoms with Gasteiger partial charge in [0, 0.05) is 32.2 Å². The first-order valence-corrected chi connectivity index (χ1v) is 11.8. The fourth-order valence-corrected chi connectivity index (χ4v) is 5.39. The smallest absolute Gasteiger partial charge is 0.253 e. The Labute approximate surface area is 179 Å². The summed E-state index contributed by atoms with van der Waals surface area (Å²) < 4.78 is 33.5. The Hall–Kier alpha value is -2.38. The molecular weight excluding hydrogens is 400 g/mol. The molecule has 0 aromatic heterocycles. The van der Waals surface area contributed by atoms with E-state index in [0.29, 0.717) is 25.2 Å². The number of methoxy groups -OCH3 is 1. The van der Waals surface area contributed by atoms with Crippen molar-refractivity contribution in [1.82, 2.24) is 9.21 Å². The zero-order valence-corrected chi connectivity index (χ0v) is 18.7. The van der Waals surface area contributed by atoms with Crippen molar-refractivity contribution < 1.29 is 17.9 Å². The Kier molecular flexibility index (Phi) is 7.15. The molecule has 0 bridgehead atoms. The van der Waals surface area contributed by atoms with Gasteiger partial charge in [-0.3, -0.25) is 4.79 Å². The highest BCUT2D eigenvalue weighted by Crippen LogP contribution is 2.30. The lowest BCUT2D eigenvalue weighted by Gasteiger charge is -2.22. The number of aryl methyl sites for hydroxylation is 1. The first-order valence-electron chi connectivity index (χ1n) is 10.3. The molecule has 1 heterocycles. The van der Waals surface area contributed by atoms with Gasteiger partial charge in [0.05, 0.1) is 7.11 Å². The van der Waals surface area contributed by atoms with Crippen molar-refractivity contribution in [2.75, 3.05) is 27.2 Å². The minimum atomic E-state index is -3.74. The molecule has 1 aliphatic heterocycles. The van der Waals surface area contributed by atoms with Crippen LogP contribution in [0.1, 0.15) is 47.2 Å². The highest BCUT2D eigenvalue weighted by atomic mass is 32.2. The van der Waals surface area contributed by atoms with Crippen LogP contribution in [0.3, 0.4) is 0 Å². The second-order valence-electron chi connectivity index (χ2n) is 7.83. The topological polar surface area (TPSA) is 66.9 Å². The lowest BCUT2D eigenvalue weighted by molar-refractivity contribution is 0.0785. The van der Waals surface area contributed by atoms with Crippen molar-refractivity contribution in [3.63, 3.8) is 0 Å². The maximum atomic E-state index is 13.3. The largest absolute Gasteiger partial charge is 0.495 e. The number of hydrogen-bond donors (Lipinski definition) is 0. The third-order valence-corrected chi connectivity index (χ3v) is 7.40. The predicted molar refractivity (Wildman–Crippen MR) is 117 cm³/mol. The van der Waals surface area contributed by atoms with Crippen LogP contribution in [0.2, 0.25) is 0 Å². The molecule has 162 valence electrons. The standard InChI is InChI=1S/C23H30N2O4S/c1-18-8-10-19(11-9-18)17-24(2)23(26)20-12-13-21(29-3)22(16-20)30(27,28)25-14-6-4-5-7-15-25/h8-13,16H,4-7,14-15,17H2,1-3H3. The van der Waals surface area contributed by atoms with E-state index in [9.17, 15) is 13.2 Å². The van der Waals surface area contributed by atoms with Gasteiger partial charge in [-0.15, -0.1) is 0 Å². The van der Waals surface area contributed by atoms with E-state index in [2.05, 4.69) is 0 Å². The number of sulfonamides is 1. The monoisotopic (exact) mass is 430 g/mol. The van der Waals surface area contributed by atoms with E-state index in [1.165, 1.54) is 17.5 Å². The highest BCUT2D eigenvalue weighted by molar-refractivity contribution is 7.89. The van der Waals surface area contributed by atoms with Crippen LogP contribution in [0.4, 0.5) is 0 Å². The molecule has 0 aliphatic carbocycles. The van der Waals surface area contributed by atoms with Crippen molar-refractivity contribution in [2.45, 2.75) is 44.0 Å². The van der Waals surface area contributed by atoms with Crippen molar-refractivity contribution >= 4 is 15.9 Å². The van der Waals surface area contributed by atoms with Crippen LogP contribution in [0.15, 0.2) is 47.4 Å². The summed E-state index contributed by atoms with van der Waals surface area (Å²) in [6.45, 7) is 3.45. The Morgan fingerprint density at radius 3 is 2.27 bits per heavy atom. The number of carbonyl (C=O) groups is 1. The first kappa shape index (κ1) is 22.3. The molecule has 0 saturated carbocycles. The number of rotatable bonds is 6. The Morgan fingerprint density at radius 1 is 1.03 bits per heavy atom. The molecule has 0 atom stereocenters. The number of amides is 1. The maximum absolute atomic E-state index is 13.3. The van der Waals surface area contributed by atoms with Crippen LogP contribution in [0, 0.1) is 6.92 Å². The van der Waals surface area contributed by atoms with Gasteiger partial charge in [-0.1, -0.05) is 42.7 Å². The van der Waals surface area contributed by atoms with Crippen LogP contribution < -0.4 is 4.74 Å². The Balaban J connectivity index is 1.87. The number of carbonyl (C=O) groups excluding carboxylic acids is 1. The molecule has 0 N–H and O–H groups in total. The molecule has 3 rings (SSSR count). The summed E-state index contributed by atoms with van der Waals surface area (Å²) in [6.07, 6.45) is 3.76. The van der Waals surface area contributed by atoms with Crippen LogP contribution in [-0.4, -0.2) is 50.8 Å². The minimum absolute atomic E-state index is 0.0569. The fourth-order valence-electron chi connectivity index (χ4n) is 3.69. The van der Waals surface area contributed by atoms with E-state index >= 15 is 0 Å². The minimum Gasteiger partial charge on any atom is -0.495 e. The number of hydrogen-bond acceptors (Lipinski definition) is 4. The maximum Gasteiger partial charge on any atom is 0.253 e. The molecule has 1 aliphatic rings. The fraction of sp³-hybridized carbons (Fsp3) is 0.435. The zero-order chi connectivity index (χ0) is 21.7. The van der Waals surface area contributed by atoms with Gasteiger partial charge in [0.2, 0.25) is 10.0 Å². The zero-order valence-electron chi connectivity index (χ0n) is 17.9. The summed E-state index contributed by atoms with van der Waals surface area (Å²) in [5, 5.41) is 0. The predicted octanol–water partition coefficient (Wildman–Crippen LogP) is 3.84. The third-order valence-electron chi connectivity index (χ3n) is 5.48. The second kappa shape index (κ2) is 9.62. The van der Waals surface area contributed by atoms with Crippen LogP contribution in [0.5, 0.6) is 5.75 Å². The molecule has 1 fully saturated rings. The third kappa shape index (κ3) is 5.02. The Morgan fingerprint density at radius 2 is 1.67 bits per heavy atom. The summed E-state index contributed by atoms with van der Waals surface area (Å²) >= 11 is 0. The summed E-state index contributed by atoms with van der Waals surface area (Å²) in [4.78, 5) is 14.7. The summed E-state index contributed by atoms with van der Waals surface area (Å²) in [5.74, 6) is 0.0301. The summed E-state index contributed by atoms with van der Waals surface area (Å²) in [6, 6.07) is 12.6. The van der Waals surface area contributed by atoms with E-state index in [1.54, 1.807) is 24.1 Å². The first-order chi connectivity index (χ1) is 14.3. The van der Waals surface area contributed by atoms with E-state index in [-0.39, 0.29) is 16.6 Å². The van der Waals surface area contributed by atoms with Gasteiger partial charge in [0.25, 0.3) is 5.91 Å². The number of nitrogens with zero attached hydrogens (tertiary/aromatic N) is 2. The quantitative estimate of drug-likeness (QED) is 0.698. The molecule has 0 radical (unpaired) electrons. The molecular formula is C23H30N2O4S. The highest BCUT2D eigenvalue weighted by Gasteiger charge is 2.29. The van der Waals surface area contributed by atoms with Gasteiger partial charge in [-0.25, -0.2) is 8.42 Å². The second-order valence-corrected chi connectivity index (χ2v) is 9.74. The molecule has 1 saturated heterocycles. The normalized spacial score (nSPS) is 15.4. The molecule has 2 aromatic carbocycles. The van der Waals surface area contributed by atoms with Crippen molar-refractivity contribution in [1.29, 1.82) is 0 Å². The van der Waals surface area contributed by atoms with E-state index < -0.39 is 10.0 Å². The van der Waals surface area contributed by atoms with E-state index in [1.807, 2.05) is 31.2 Å². The Bertz CT molecular complexity index is 979. The summed E-state index contributed by atoms with van der Waals surface area (Å²) in [5.41, 5.74) is 2.51. The van der Waals surface area contributed by atoms with Gasteiger partial charge in [-0.2, -0.15) is 4.31 Å². The average molecular weight is 431 g/mol. The van der Waals surface area contributed by atoms with Gasteiger partial charge < -0.3 is 9.64 Å². The van der Waals surface area contributed by atoms with Crippen LogP contribution in [0.25, 0.3) is 0 Å². The molecule has 30 heavy (non-hydrogen) atoms. The number of ether oxygens (including phenoxy) is 1. The van der Waals surface area contributed by atoms with Gasteiger partial charge in [-0.05, 0) is 43.5 Å². The molecule has 1 amide bonds.